The van der Waals surface area contributed by atoms with E-state index in [9.17, 15) is 9.18 Å². The van der Waals surface area contributed by atoms with Crippen LogP contribution in [0.1, 0.15) is 16.1 Å². The van der Waals surface area contributed by atoms with Gasteiger partial charge in [-0.3, -0.25) is 4.79 Å². The molecule has 1 aromatic carbocycles. The number of carbonyl (C=O) groups excluding carboxylic acids is 1. The standard InChI is InChI=1S/C12H10FNO/c13-10-6-7-14-11(10)8-12(15)9-4-2-1-3-5-9/h1-7,14H,8H2. The summed E-state index contributed by atoms with van der Waals surface area (Å²) in [6, 6.07) is 10.2. The third-order valence-corrected chi connectivity index (χ3v) is 2.21. The second kappa shape index (κ2) is 4.09. The van der Waals surface area contributed by atoms with Gasteiger partial charge in [0.05, 0.1) is 12.1 Å². The Hall–Kier alpha value is -1.90. The largest absolute Gasteiger partial charge is 0.362 e. The summed E-state index contributed by atoms with van der Waals surface area (Å²) in [6.45, 7) is 0. The number of hydrogen-bond acceptors (Lipinski definition) is 1. The highest BCUT2D eigenvalue weighted by molar-refractivity contribution is 5.97. The molecule has 0 aliphatic carbocycles. The maximum atomic E-state index is 13.0. The summed E-state index contributed by atoms with van der Waals surface area (Å²) in [6.07, 6.45) is 1.56. The van der Waals surface area contributed by atoms with Crippen molar-refractivity contribution in [3.63, 3.8) is 0 Å². The SMILES string of the molecule is O=C(Cc1[nH]ccc1F)c1ccccc1. The normalized spacial score (nSPS) is 10.2. The van der Waals surface area contributed by atoms with Crippen molar-refractivity contribution in [3.8, 4) is 0 Å². The van der Waals surface area contributed by atoms with E-state index in [-0.39, 0.29) is 18.0 Å². The molecule has 2 nitrogen and oxygen atoms in total. The Morgan fingerprint density at radius 3 is 2.53 bits per heavy atom. The van der Waals surface area contributed by atoms with Crippen LogP contribution in [0.25, 0.3) is 0 Å². The average Bonchev–Trinajstić information content (AvgIpc) is 2.66. The van der Waals surface area contributed by atoms with Crippen LogP contribution in [0, 0.1) is 5.82 Å². The molecule has 1 N–H and O–H groups in total. The van der Waals surface area contributed by atoms with Gasteiger partial charge in [-0.25, -0.2) is 4.39 Å². The molecule has 0 atom stereocenters. The molecule has 0 saturated heterocycles. The van der Waals surface area contributed by atoms with Gasteiger partial charge in [0.15, 0.2) is 5.78 Å². The second-order valence-corrected chi connectivity index (χ2v) is 3.27. The number of carbonyl (C=O) groups is 1. The zero-order valence-corrected chi connectivity index (χ0v) is 8.03. The molecule has 1 aromatic heterocycles. The molecule has 76 valence electrons. The Labute approximate surface area is 86.8 Å². The van der Waals surface area contributed by atoms with Gasteiger partial charge in [0.1, 0.15) is 5.82 Å². The molecule has 0 radical (unpaired) electrons. The highest BCUT2D eigenvalue weighted by Crippen LogP contribution is 2.09. The molecule has 0 unspecified atom stereocenters. The highest BCUT2D eigenvalue weighted by atomic mass is 19.1. The third-order valence-electron chi connectivity index (χ3n) is 2.21. The maximum absolute atomic E-state index is 13.0. The highest BCUT2D eigenvalue weighted by Gasteiger charge is 2.10. The topological polar surface area (TPSA) is 32.9 Å². The Kier molecular flexibility index (Phi) is 2.63. The van der Waals surface area contributed by atoms with E-state index in [0.717, 1.165) is 0 Å². The van der Waals surface area contributed by atoms with Crippen molar-refractivity contribution in [2.45, 2.75) is 6.42 Å². The molecule has 1 heterocycles. The lowest BCUT2D eigenvalue weighted by molar-refractivity contribution is 0.0991. The summed E-state index contributed by atoms with van der Waals surface area (Å²) < 4.78 is 13.0. The van der Waals surface area contributed by atoms with Crippen molar-refractivity contribution >= 4 is 5.78 Å². The molecule has 15 heavy (non-hydrogen) atoms. The van der Waals surface area contributed by atoms with Crippen molar-refractivity contribution in [1.29, 1.82) is 0 Å². The predicted octanol–water partition coefficient (Wildman–Crippen LogP) is 2.58. The van der Waals surface area contributed by atoms with E-state index in [1.807, 2.05) is 6.07 Å². The Morgan fingerprint density at radius 2 is 1.93 bits per heavy atom. The van der Waals surface area contributed by atoms with Crippen LogP contribution in [0.4, 0.5) is 4.39 Å². The first-order valence-electron chi connectivity index (χ1n) is 4.67. The monoisotopic (exact) mass is 203 g/mol. The molecule has 0 aliphatic heterocycles. The first-order chi connectivity index (χ1) is 7.27. The van der Waals surface area contributed by atoms with E-state index in [2.05, 4.69) is 4.98 Å². The molecule has 0 saturated carbocycles. The fourth-order valence-electron chi connectivity index (χ4n) is 1.41. The molecule has 2 rings (SSSR count). The summed E-state index contributed by atoms with van der Waals surface area (Å²) >= 11 is 0. The molecule has 0 bridgehead atoms. The van der Waals surface area contributed by atoms with E-state index < -0.39 is 0 Å². The first kappa shape index (κ1) is 9.65. The lowest BCUT2D eigenvalue weighted by Gasteiger charge is -1.99. The van der Waals surface area contributed by atoms with Gasteiger partial charge >= 0.3 is 0 Å². The number of Topliss-reactive ketones (excluding diaryl/α,β-unsaturated/α-hetero) is 1. The number of halogens is 1. The minimum Gasteiger partial charge on any atom is -0.362 e. The van der Waals surface area contributed by atoms with E-state index >= 15 is 0 Å². The van der Waals surface area contributed by atoms with Crippen molar-refractivity contribution in [3.05, 3.63) is 59.7 Å². The lowest BCUT2D eigenvalue weighted by Crippen LogP contribution is -2.04. The van der Waals surface area contributed by atoms with E-state index in [1.165, 1.54) is 12.3 Å². The molecule has 0 amide bonds. The number of H-pyrrole nitrogens is 1. The third kappa shape index (κ3) is 2.13. The lowest BCUT2D eigenvalue weighted by atomic mass is 10.1. The molecule has 0 aliphatic rings. The van der Waals surface area contributed by atoms with Crippen molar-refractivity contribution in [2.24, 2.45) is 0 Å². The molecular formula is C12H10FNO. The van der Waals surface area contributed by atoms with Crippen LogP contribution >= 0.6 is 0 Å². The van der Waals surface area contributed by atoms with Gasteiger partial charge in [-0.2, -0.15) is 0 Å². The number of rotatable bonds is 3. The zero-order valence-electron chi connectivity index (χ0n) is 8.03. The Bertz CT molecular complexity index is 461. The van der Waals surface area contributed by atoms with Crippen LogP contribution < -0.4 is 0 Å². The number of aromatic nitrogens is 1. The smallest absolute Gasteiger partial charge is 0.168 e. The Balaban J connectivity index is 2.15. The molecule has 0 spiro atoms. The number of nitrogens with one attached hydrogen (secondary N) is 1. The van der Waals surface area contributed by atoms with Crippen molar-refractivity contribution < 1.29 is 9.18 Å². The second-order valence-electron chi connectivity index (χ2n) is 3.27. The van der Waals surface area contributed by atoms with Crippen LogP contribution in [0.5, 0.6) is 0 Å². The van der Waals surface area contributed by atoms with E-state index in [0.29, 0.717) is 11.3 Å². The molecule has 2 aromatic rings. The van der Waals surface area contributed by atoms with E-state index in [4.69, 9.17) is 0 Å². The van der Waals surface area contributed by atoms with Gasteiger partial charge < -0.3 is 4.98 Å². The van der Waals surface area contributed by atoms with Crippen LogP contribution in [-0.4, -0.2) is 10.8 Å². The van der Waals surface area contributed by atoms with Gasteiger partial charge in [-0.15, -0.1) is 0 Å². The van der Waals surface area contributed by atoms with Gasteiger partial charge in [0.2, 0.25) is 0 Å². The molecular weight excluding hydrogens is 193 g/mol. The van der Waals surface area contributed by atoms with Crippen LogP contribution in [0.15, 0.2) is 42.6 Å². The minimum absolute atomic E-state index is 0.0723. The number of aromatic amines is 1. The average molecular weight is 203 g/mol. The predicted molar refractivity (Wildman–Crippen MR) is 55.2 cm³/mol. The Morgan fingerprint density at radius 1 is 1.20 bits per heavy atom. The summed E-state index contributed by atoms with van der Waals surface area (Å²) in [5.74, 6) is -0.448. The van der Waals surface area contributed by atoms with Crippen LogP contribution in [-0.2, 0) is 6.42 Å². The van der Waals surface area contributed by atoms with Crippen molar-refractivity contribution in [2.75, 3.05) is 0 Å². The number of hydrogen-bond donors (Lipinski definition) is 1. The number of benzene rings is 1. The molecule has 0 fully saturated rings. The maximum Gasteiger partial charge on any atom is 0.168 e. The van der Waals surface area contributed by atoms with Crippen molar-refractivity contribution in [1.82, 2.24) is 4.98 Å². The first-order valence-corrected chi connectivity index (χ1v) is 4.67. The minimum atomic E-state index is -0.362. The van der Waals surface area contributed by atoms with E-state index in [1.54, 1.807) is 24.3 Å². The van der Waals surface area contributed by atoms with Crippen LogP contribution in [0.3, 0.4) is 0 Å². The molecule has 3 heteroatoms. The van der Waals surface area contributed by atoms with Gasteiger partial charge in [0.25, 0.3) is 0 Å². The van der Waals surface area contributed by atoms with Crippen LogP contribution in [0.2, 0.25) is 0 Å². The summed E-state index contributed by atoms with van der Waals surface area (Å²) in [5.41, 5.74) is 0.940. The summed E-state index contributed by atoms with van der Waals surface area (Å²) in [4.78, 5) is 14.4. The quantitative estimate of drug-likeness (QED) is 0.764. The number of ketones is 1. The zero-order chi connectivity index (χ0) is 10.7. The summed E-state index contributed by atoms with van der Waals surface area (Å²) in [5, 5.41) is 0. The fourth-order valence-corrected chi connectivity index (χ4v) is 1.41. The summed E-state index contributed by atoms with van der Waals surface area (Å²) in [7, 11) is 0. The van der Waals surface area contributed by atoms with Gasteiger partial charge in [-0.05, 0) is 6.07 Å². The fraction of sp³-hybridized carbons (Fsp3) is 0.0833. The van der Waals surface area contributed by atoms with Gasteiger partial charge in [-0.1, -0.05) is 30.3 Å². The van der Waals surface area contributed by atoms with Gasteiger partial charge in [0, 0.05) is 11.8 Å².